The molecule has 0 bridgehead atoms. The Bertz CT molecular complexity index is 226. The summed E-state index contributed by atoms with van der Waals surface area (Å²) < 4.78 is 43.1. The average Bonchev–Trinajstić information content (AvgIpc) is 1.90. The molecule has 0 saturated carbocycles. The van der Waals surface area contributed by atoms with E-state index in [1.807, 2.05) is 20.8 Å². The zero-order valence-corrected chi connectivity index (χ0v) is 9.61. The van der Waals surface area contributed by atoms with Gasteiger partial charge >= 0.3 is 6.18 Å². The Kier molecular flexibility index (Phi) is 3.09. The zero-order valence-electron chi connectivity index (χ0n) is 9.61. The van der Waals surface area contributed by atoms with Crippen LogP contribution < -0.4 is 0 Å². The number of alkyl halides is 3. The molecule has 5 heteroatoms. The number of halogens is 3. The maximum Gasteiger partial charge on any atom is 0.419 e. The molecule has 1 saturated heterocycles. The lowest BCUT2D eigenvalue weighted by molar-refractivity contribution is -0.325. The summed E-state index contributed by atoms with van der Waals surface area (Å²) in [6, 6.07) is 0. The zero-order chi connectivity index (χ0) is 11.9. The van der Waals surface area contributed by atoms with Crippen LogP contribution in [-0.2, 0) is 4.74 Å². The van der Waals surface area contributed by atoms with Gasteiger partial charge in [0.25, 0.3) is 0 Å². The van der Waals surface area contributed by atoms with Gasteiger partial charge in [0.1, 0.15) is 0 Å². The summed E-state index contributed by atoms with van der Waals surface area (Å²) in [4.78, 5) is 1.77. The summed E-state index contributed by atoms with van der Waals surface area (Å²) in [6.07, 6.45) is -4.27. The van der Waals surface area contributed by atoms with Gasteiger partial charge in [-0.05, 0) is 27.7 Å². The highest BCUT2D eigenvalue weighted by atomic mass is 19.4. The summed E-state index contributed by atoms with van der Waals surface area (Å²) in [7, 11) is 0. The molecule has 0 spiro atoms. The van der Waals surface area contributed by atoms with E-state index in [9.17, 15) is 13.2 Å². The number of ether oxygens (including phenoxy) is 1. The van der Waals surface area contributed by atoms with E-state index < -0.39 is 11.8 Å². The first-order chi connectivity index (χ1) is 6.62. The van der Waals surface area contributed by atoms with Gasteiger partial charge in [-0.2, -0.15) is 13.2 Å². The molecule has 0 aliphatic carbocycles. The van der Waals surface area contributed by atoms with Gasteiger partial charge in [-0.3, -0.25) is 4.90 Å². The lowest BCUT2D eigenvalue weighted by Gasteiger charge is -2.55. The number of rotatable bonds is 2. The van der Waals surface area contributed by atoms with E-state index in [-0.39, 0.29) is 25.2 Å². The largest absolute Gasteiger partial charge is 0.419 e. The molecule has 2 nitrogen and oxygen atoms in total. The highest BCUT2D eigenvalue weighted by Gasteiger charge is 2.64. The summed E-state index contributed by atoms with van der Waals surface area (Å²) in [6.45, 7) is 7.27. The first kappa shape index (κ1) is 12.8. The summed E-state index contributed by atoms with van der Waals surface area (Å²) >= 11 is 0. The van der Waals surface area contributed by atoms with Gasteiger partial charge < -0.3 is 4.74 Å². The fraction of sp³-hybridized carbons (Fsp3) is 1.00. The van der Waals surface area contributed by atoms with E-state index in [0.717, 1.165) is 0 Å². The minimum atomic E-state index is -4.27. The van der Waals surface area contributed by atoms with E-state index in [0.29, 0.717) is 0 Å². The topological polar surface area (TPSA) is 12.5 Å². The molecule has 0 amide bonds. The van der Waals surface area contributed by atoms with Crippen molar-refractivity contribution in [3.8, 4) is 0 Å². The van der Waals surface area contributed by atoms with Crippen LogP contribution in [0.5, 0.6) is 0 Å². The van der Waals surface area contributed by atoms with Crippen molar-refractivity contribution < 1.29 is 17.9 Å². The van der Waals surface area contributed by atoms with Crippen LogP contribution in [0.1, 0.15) is 27.7 Å². The van der Waals surface area contributed by atoms with Crippen molar-refractivity contribution in [3.05, 3.63) is 0 Å². The minimum Gasteiger partial charge on any atom is -0.363 e. The molecule has 0 aromatic rings. The molecular formula is C10H18F3NO. The van der Waals surface area contributed by atoms with Crippen molar-refractivity contribution in [2.24, 2.45) is 0 Å². The molecule has 0 atom stereocenters. The second-order valence-corrected chi connectivity index (χ2v) is 4.95. The smallest absolute Gasteiger partial charge is 0.363 e. The monoisotopic (exact) mass is 225 g/mol. The number of likely N-dealkylation sites (tertiary alicyclic amines) is 1. The molecule has 0 radical (unpaired) electrons. The van der Waals surface area contributed by atoms with Crippen molar-refractivity contribution in [2.75, 3.05) is 19.7 Å². The molecule has 1 fully saturated rings. The van der Waals surface area contributed by atoms with Gasteiger partial charge in [-0.1, -0.05) is 0 Å². The van der Waals surface area contributed by atoms with Crippen LogP contribution in [0.15, 0.2) is 0 Å². The number of hydrogen-bond acceptors (Lipinski definition) is 2. The van der Waals surface area contributed by atoms with Gasteiger partial charge in [0.2, 0.25) is 0 Å². The Morgan fingerprint density at radius 3 is 1.93 bits per heavy atom. The summed E-state index contributed by atoms with van der Waals surface area (Å²) in [5, 5.41) is 0. The Hall–Kier alpha value is -0.290. The third-order valence-electron chi connectivity index (χ3n) is 2.78. The Labute approximate surface area is 88.4 Å². The van der Waals surface area contributed by atoms with Crippen LogP contribution in [0.25, 0.3) is 0 Å². The van der Waals surface area contributed by atoms with Crippen LogP contribution >= 0.6 is 0 Å². The molecule has 90 valence electrons. The SMILES string of the molecule is CCOC1(C(F)(F)F)CN(C(C)(C)C)C1. The Balaban J connectivity index is 2.69. The maximum absolute atomic E-state index is 12.8. The van der Waals surface area contributed by atoms with Crippen LogP contribution in [0.2, 0.25) is 0 Å². The van der Waals surface area contributed by atoms with Gasteiger partial charge in [-0.15, -0.1) is 0 Å². The minimum absolute atomic E-state index is 0.0617. The van der Waals surface area contributed by atoms with Gasteiger partial charge in [0.15, 0.2) is 5.60 Å². The molecule has 1 aliphatic rings. The van der Waals surface area contributed by atoms with E-state index in [2.05, 4.69) is 0 Å². The van der Waals surface area contributed by atoms with Crippen LogP contribution in [0.4, 0.5) is 13.2 Å². The van der Waals surface area contributed by atoms with Crippen molar-refractivity contribution in [1.82, 2.24) is 4.90 Å². The quantitative estimate of drug-likeness (QED) is 0.715. The van der Waals surface area contributed by atoms with E-state index in [1.54, 1.807) is 11.8 Å². The van der Waals surface area contributed by atoms with Crippen LogP contribution in [0, 0.1) is 0 Å². The van der Waals surface area contributed by atoms with Gasteiger partial charge in [0.05, 0.1) is 0 Å². The lowest BCUT2D eigenvalue weighted by atomic mass is 9.87. The fourth-order valence-corrected chi connectivity index (χ4v) is 1.67. The molecule has 0 aromatic carbocycles. The second-order valence-electron chi connectivity index (χ2n) is 4.95. The molecular weight excluding hydrogens is 207 g/mol. The molecule has 15 heavy (non-hydrogen) atoms. The van der Waals surface area contributed by atoms with Crippen molar-refractivity contribution in [1.29, 1.82) is 0 Å². The molecule has 1 aliphatic heterocycles. The third kappa shape index (κ3) is 2.28. The molecule has 0 N–H and O–H groups in total. The average molecular weight is 225 g/mol. The lowest BCUT2D eigenvalue weighted by Crippen LogP contribution is -2.73. The summed E-state index contributed by atoms with van der Waals surface area (Å²) in [5.74, 6) is 0. The van der Waals surface area contributed by atoms with Crippen molar-refractivity contribution in [2.45, 2.75) is 45.0 Å². The van der Waals surface area contributed by atoms with E-state index in [4.69, 9.17) is 4.74 Å². The van der Waals surface area contributed by atoms with Crippen molar-refractivity contribution >= 4 is 0 Å². The predicted octanol–water partition coefficient (Wildman–Crippen LogP) is 2.44. The van der Waals surface area contributed by atoms with Crippen LogP contribution in [-0.4, -0.2) is 41.9 Å². The predicted molar refractivity (Wildman–Crippen MR) is 51.7 cm³/mol. The summed E-state index contributed by atoms with van der Waals surface area (Å²) in [5.41, 5.74) is -2.17. The third-order valence-corrected chi connectivity index (χ3v) is 2.78. The molecule has 0 unspecified atom stereocenters. The van der Waals surface area contributed by atoms with Gasteiger partial charge in [-0.25, -0.2) is 0 Å². The molecule has 1 heterocycles. The van der Waals surface area contributed by atoms with Crippen LogP contribution in [0.3, 0.4) is 0 Å². The Morgan fingerprint density at radius 2 is 1.67 bits per heavy atom. The molecule has 0 aromatic heterocycles. The number of nitrogens with zero attached hydrogens (tertiary/aromatic N) is 1. The highest BCUT2D eigenvalue weighted by molar-refractivity contribution is 5.06. The highest BCUT2D eigenvalue weighted by Crippen LogP contribution is 2.43. The molecule has 1 rings (SSSR count). The van der Waals surface area contributed by atoms with Crippen molar-refractivity contribution in [3.63, 3.8) is 0 Å². The first-order valence-electron chi connectivity index (χ1n) is 5.08. The van der Waals surface area contributed by atoms with E-state index in [1.165, 1.54) is 0 Å². The van der Waals surface area contributed by atoms with Gasteiger partial charge in [0, 0.05) is 25.2 Å². The normalized spacial score (nSPS) is 22.6. The van der Waals surface area contributed by atoms with E-state index >= 15 is 0 Å². The standard InChI is InChI=1S/C10H18F3NO/c1-5-15-9(10(11,12)13)6-14(7-9)8(2,3)4/h5-7H2,1-4H3. The Morgan fingerprint density at radius 1 is 1.20 bits per heavy atom. The fourth-order valence-electron chi connectivity index (χ4n) is 1.67. The second kappa shape index (κ2) is 3.63. The first-order valence-corrected chi connectivity index (χ1v) is 5.08. The maximum atomic E-state index is 12.8. The number of hydrogen-bond donors (Lipinski definition) is 0.